The van der Waals surface area contributed by atoms with E-state index in [1.165, 1.54) is 18.5 Å². The Morgan fingerprint density at radius 2 is 1.75 bits per heavy atom. The highest BCUT2D eigenvalue weighted by atomic mass is 28.3. The Hall–Kier alpha value is -0.603. The van der Waals surface area contributed by atoms with Crippen molar-refractivity contribution in [2.24, 2.45) is 0 Å². The Bertz CT molecular complexity index is 342. The Kier molecular flexibility index (Phi) is 3.22. The van der Waals surface area contributed by atoms with Crippen LogP contribution in [0.3, 0.4) is 0 Å². The third-order valence-corrected chi connectivity index (χ3v) is 5.86. The van der Waals surface area contributed by atoms with Crippen LogP contribution in [0, 0.1) is 0 Å². The van der Waals surface area contributed by atoms with Gasteiger partial charge in [0, 0.05) is 11.7 Å². The first-order valence-electron chi connectivity index (χ1n) is 6.36. The molecule has 1 aliphatic heterocycles. The van der Waals surface area contributed by atoms with Crippen LogP contribution in [0.1, 0.15) is 24.9 Å². The van der Waals surface area contributed by atoms with Crippen LogP contribution in [0.25, 0.3) is 0 Å². The van der Waals surface area contributed by atoms with Crippen LogP contribution in [-0.4, -0.2) is 25.2 Å². The third kappa shape index (κ3) is 2.23. The summed E-state index contributed by atoms with van der Waals surface area (Å²) < 4.78 is 0. The minimum absolute atomic E-state index is 0.716. The summed E-state index contributed by atoms with van der Waals surface area (Å²) in [5.41, 5.74) is 2.37. The lowest BCUT2D eigenvalue weighted by Crippen LogP contribution is -2.32. The molecule has 1 fully saturated rings. The van der Waals surface area contributed by atoms with Gasteiger partial charge in [0.1, 0.15) is 0 Å². The molecular weight excluding hydrogens is 210 g/mol. The molecular formula is C14H23NSi. The second-order valence-corrected chi connectivity index (χ2v) is 11.2. The van der Waals surface area contributed by atoms with Gasteiger partial charge >= 0.3 is 0 Å². The first-order chi connectivity index (χ1) is 7.55. The van der Waals surface area contributed by atoms with Gasteiger partial charge in [-0.2, -0.15) is 0 Å². The maximum Gasteiger partial charge on any atom is 0.0663 e. The summed E-state index contributed by atoms with van der Waals surface area (Å²) in [6.45, 7) is 11.0. The minimum atomic E-state index is -1.04. The Balaban J connectivity index is 2.16. The van der Waals surface area contributed by atoms with Gasteiger partial charge in [-0.05, 0) is 18.5 Å². The van der Waals surface area contributed by atoms with E-state index in [9.17, 15) is 0 Å². The van der Waals surface area contributed by atoms with Crippen molar-refractivity contribution in [3.05, 3.63) is 35.9 Å². The highest BCUT2D eigenvalue weighted by Crippen LogP contribution is 2.47. The SMILES string of the molecule is CCCN1[C@H](c2ccccc2)[C@@H]1[Si](C)(C)C. The zero-order chi connectivity index (χ0) is 11.8. The van der Waals surface area contributed by atoms with Crippen LogP contribution in [0.5, 0.6) is 0 Å². The Morgan fingerprint density at radius 3 is 2.25 bits per heavy atom. The van der Waals surface area contributed by atoms with Gasteiger partial charge in [-0.3, -0.25) is 4.90 Å². The molecule has 0 N–H and O–H groups in total. The van der Waals surface area contributed by atoms with Crippen LogP contribution < -0.4 is 0 Å². The van der Waals surface area contributed by atoms with E-state index in [0.717, 1.165) is 5.67 Å². The van der Waals surface area contributed by atoms with Gasteiger partial charge < -0.3 is 0 Å². The van der Waals surface area contributed by atoms with Crippen LogP contribution >= 0.6 is 0 Å². The van der Waals surface area contributed by atoms with E-state index in [1.54, 1.807) is 0 Å². The topological polar surface area (TPSA) is 3.01 Å². The smallest absolute Gasteiger partial charge is 0.0663 e. The van der Waals surface area contributed by atoms with Crippen molar-refractivity contribution in [3.63, 3.8) is 0 Å². The number of hydrogen-bond donors (Lipinski definition) is 0. The van der Waals surface area contributed by atoms with Crippen molar-refractivity contribution in [1.29, 1.82) is 0 Å². The Morgan fingerprint density at radius 1 is 1.12 bits per heavy atom. The largest absolute Gasteiger partial charge is 0.293 e. The monoisotopic (exact) mass is 233 g/mol. The number of hydrogen-bond acceptors (Lipinski definition) is 1. The molecule has 1 nitrogen and oxygen atoms in total. The van der Waals surface area contributed by atoms with Crippen molar-refractivity contribution < 1.29 is 0 Å². The molecule has 0 aromatic heterocycles. The zero-order valence-electron chi connectivity index (χ0n) is 10.9. The molecule has 0 bridgehead atoms. The predicted octanol–water partition coefficient (Wildman–Crippen LogP) is 3.70. The average molecular weight is 233 g/mol. The fourth-order valence-corrected chi connectivity index (χ4v) is 5.34. The van der Waals surface area contributed by atoms with Gasteiger partial charge in [0.25, 0.3) is 0 Å². The second-order valence-electron chi connectivity index (χ2n) is 5.90. The first-order valence-corrected chi connectivity index (χ1v) is 9.94. The van der Waals surface area contributed by atoms with Crippen molar-refractivity contribution >= 4 is 8.07 Å². The van der Waals surface area contributed by atoms with Gasteiger partial charge in [0.15, 0.2) is 0 Å². The maximum atomic E-state index is 2.70. The summed E-state index contributed by atoms with van der Waals surface area (Å²) in [6, 6.07) is 11.7. The molecule has 0 amide bonds. The van der Waals surface area contributed by atoms with Crippen LogP contribution in [0.15, 0.2) is 30.3 Å². The Labute approximate surface area is 100 Å². The minimum Gasteiger partial charge on any atom is -0.293 e. The molecule has 1 aliphatic rings. The van der Waals surface area contributed by atoms with Crippen LogP contribution in [-0.2, 0) is 0 Å². The van der Waals surface area contributed by atoms with Gasteiger partial charge in [0.05, 0.1) is 8.07 Å². The lowest BCUT2D eigenvalue weighted by molar-refractivity contribution is 0.498. The quantitative estimate of drug-likeness (QED) is 0.566. The van der Waals surface area contributed by atoms with E-state index in [-0.39, 0.29) is 0 Å². The first kappa shape index (κ1) is 11.9. The summed E-state index contributed by atoms with van der Waals surface area (Å²) in [7, 11) is -1.04. The third-order valence-electron chi connectivity index (χ3n) is 3.43. The van der Waals surface area contributed by atoms with E-state index < -0.39 is 8.07 Å². The molecule has 16 heavy (non-hydrogen) atoms. The lowest BCUT2D eigenvalue weighted by atomic mass is 10.2. The molecule has 1 heterocycles. The van der Waals surface area contributed by atoms with E-state index in [4.69, 9.17) is 0 Å². The van der Waals surface area contributed by atoms with Gasteiger partial charge in [-0.25, -0.2) is 0 Å². The molecule has 1 aromatic carbocycles. The molecule has 0 radical (unpaired) electrons. The van der Waals surface area contributed by atoms with Crippen LogP contribution in [0.2, 0.25) is 19.6 Å². The molecule has 0 aliphatic carbocycles. The second kappa shape index (κ2) is 4.34. The molecule has 1 saturated heterocycles. The predicted molar refractivity (Wildman–Crippen MR) is 73.3 cm³/mol. The van der Waals surface area contributed by atoms with Crippen molar-refractivity contribution in [1.82, 2.24) is 4.90 Å². The van der Waals surface area contributed by atoms with E-state index in [2.05, 4.69) is 61.8 Å². The number of rotatable bonds is 4. The average Bonchev–Trinajstić information content (AvgIpc) is 2.94. The molecule has 0 saturated carbocycles. The van der Waals surface area contributed by atoms with Gasteiger partial charge in [-0.15, -0.1) is 0 Å². The lowest BCUT2D eigenvalue weighted by Gasteiger charge is -2.15. The standard InChI is InChI=1S/C14H23NSi/c1-5-11-15-13(14(15)16(2,3)4)12-9-7-6-8-10-12/h6-10,13-14H,5,11H2,1-4H3/t13-,14+,15?/m1/s1. The molecule has 1 unspecified atom stereocenters. The summed E-state index contributed by atoms with van der Waals surface area (Å²) in [4.78, 5) is 2.70. The van der Waals surface area contributed by atoms with Crippen molar-refractivity contribution in [3.8, 4) is 0 Å². The summed E-state index contributed by atoms with van der Waals surface area (Å²) in [5, 5.41) is 0. The van der Waals surface area contributed by atoms with Crippen molar-refractivity contribution in [2.45, 2.75) is 44.7 Å². The van der Waals surface area contributed by atoms with E-state index in [1.807, 2.05) is 0 Å². The normalized spacial score (nSPS) is 29.1. The summed E-state index contributed by atoms with van der Waals surface area (Å²) in [6.07, 6.45) is 1.27. The number of benzene rings is 1. The molecule has 1 aromatic rings. The summed E-state index contributed by atoms with van der Waals surface area (Å²) >= 11 is 0. The van der Waals surface area contributed by atoms with E-state index >= 15 is 0 Å². The number of nitrogens with zero attached hydrogens (tertiary/aromatic N) is 1. The van der Waals surface area contributed by atoms with E-state index in [0.29, 0.717) is 6.04 Å². The highest BCUT2D eigenvalue weighted by Gasteiger charge is 2.54. The van der Waals surface area contributed by atoms with Crippen molar-refractivity contribution in [2.75, 3.05) is 6.54 Å². The van der Waals surface area contributed by atoms with Gasteiger partial charge in [-0.1, -0.05) is 56.9 Å². The summed E-state index contributed by atoms with van der Waals surface area (Å²) in [5.74, 6) is 0. The molecule has 2 rings (SSSR count). The highest BCUT2D eigenvalue weighted by molar-refractivity contribution is 6.78. The maximum absolute atomic E-state index is 2.70. The molecule has 88 valence electrons. The fraction of sp³-hybridized carbons (Fsp3) is 0.571. The van der Waals surface area contributed by atoms with Crippen LogP contribution in [0.4, 0.5) is 0 Å². The zero-order valence-corrected chi connectivity index (χ0v) is 11.9. The fourth-order valence-electron chi connectivity index (χ4n) is 2.81. The molecule has 2 heteroatoms. The molecule has 0 spiro atoms. The molecule has 3 atom stereocenters. The van der Waals surface area contributed by atoms with Gasteiger partial charge in [0.2, 0.25) is 0 Å².